The van der Waals surface area contributed by atoms with Crippen molar-refractivity contribution in [2.75, 3.05) is 7.05 Å². The van der Waals surface area contributed by atoms with E-state index in [0.717, 1.165) is 17.9 Å². The summed E-state index contributed by atoms with van der Waals surface area (Å²) in [6.07, 6.45) is 4.09. The lowest BCUT2D eigenvalue weighted by atomic mass is 10.1. The predicted molar refractivity (Wildman–Crippen MR) is 84.7 cm³/mol. The van der Waals surface area contributed by atoms with Crippen LogP contribution in [0, 0.1) is 0 Å². The van der Waals surface area contributed by atoms with E-state index in [-0.39, 0.29) is 0 Å². The van der Waals surface area contributed by atoms with Crippen molar-refractivity contribution < 1.29 is 4.74 Å². The average Bonchev–Trinajstić information content (AvgIpc) is 2.48. The van der Waals surface area contributed by atoms with Crippen molar-refractivity contribution in [3.8, 4) is 5.75 Å². The first-order valence-corrected chi connectivity index (χ1v) is 6.91. The molecule has 2 heteroatoms. The molecule has 0 heterocycles. The lowest BCUT2D eigenvalue weighted by Crippen LogP contribution is -2.09. The maximum absolute atomic E-state index is 5.98. The Labute approximate surface area is 121 Å². The molecule has 0 bridgehead atoms. The quantitative estimate of drug-likeness (QED) is 0.853. The van der Waals surface area contributed by atoms with Crippen molar-refractivity contribution in [3.63, 3.8) is 0 Å². The Morgan fingerprint density at radius 3 is 2.45 bits per heavy atom. The Kier molecular flexibility index (Phi) is 5.39. The van der Waals surface area contributed by atoms with E-state index in [1.165, 1.54) is 11.1 Å². The minimum atomic E-state index is 0.590. The Balaban J connectivity index is 2.13. The number of benzene rings is 2. The molecule has 0 spiro atoms. The second-order valence-electron chi connectivity index (χ2n) is 4.63. The molecule has 0 saturated heterocycles. The maximum atomic E-state index is 5.98. The Morgan fingerprint density at radius 2 is 1.70 bits per heavy atom. The molecule has 0 unspecified atom stereocenters. The summed E-state index contributed by atoms with van der Waals surface area (Å²) < 4.78 is 5.98. The molecule has 0 aromatic heterocycles. The fraction of sp³-hybridized carbons (Fsp3) is 0.222. The van der Waals surface area contributed by atoms with E-state index in [0.29, 0.717) is 6.61 Å². The van der Waals surface area contributed by atoms with Gasteiger partial charge in [0.25, 0.3) is 0 Å². The summed E-state index contributed by atoms with van der Waals surface area (Å²) >= 11 is 0. The summed E-state index contributed by atoms with van der Waals surface area (Å²) in [6.45, 7) is 3.46. The highest BCUT2D eigenvalue weighted by atomic mass is 16.5. The maximum Gasteiger partial charge on any atom is 0.127 e. The summed E-state index contributed by atoms with van der Waals surface area (Å²) in [4.78, 5) is 0. The molecule has 0 aliphatic carbocycles. The molecule has 0 aliphatic rings. The van der Waals surface area contributed by atoms with E-state index in [4.69, 9.17) is 4.74 Å². The van der Waals surface area contributed by atoms with Crippen LogP contribution in [0.15, 0.2) is 54.6 Å². The zero-order valence-electron chi connectivity index (χ0n) is 12.1. The molecule has 2 aromatic carbocycles. The zero-order valence-corrected chi connectivity index (χ0v) is 12.1. The molecule has 0 fully saturated rings. The van der Waals surface area contributed by atoms with E-state index in [2.05, 4.69) is 41.7 Å². The van der Waals surface area contributed by atoms with Crippen LogP contribution in [0.5, 0.6) is 5.75 Å². The molecule has 0 amide bonds. The van der Waals surface area contributed by atoms with Gasteiger partial charge in [0.2, 0.25) is 0 Å². The highest BCUT2D eigenvalue weighted by Crippen LogP contribution is 2.21. The van der Waals surface area contributed by atoms with Gasteiger partial charge in [-0.15, -0.1) is 0 Å². The van der Waals surface area contributed by atoms with E-state index < -0.39 is 0 Å². The first kappa shape index (κ1) is 14.4. The smallest absolute Gasteiger partial charge is 0.127 e. The topological polar surface area (TPSA) is 21.3 Å². The highest BCUT2D eigenvalue weighted by molar-refractivity contribution is 5.56. The number of nitrogens with one attached hydrogen (secondary N) is 1. The zero-order chi connectivity index (χ0) is 14.2. The van der Waals surface area contributed by atoms with Crippen LogP contribution in [-0.4, -0.2) is 7.05 Å². The Bertz CT molecular complexity index is 575. The summed E-state index contributed by atoms with van der Waals surface area (Å²) in [5.41, 5.74) is 3.61. The molecule has 0 atom stereocenters. The average molecular weight is 267 g/mol. The minimum Gasteiger partial charge on any atom is -0.488 e. The van der Waals surface area contributed by atoms with E-state index >= 15 is 0 Å². The van der Waals surface area contributed by atoms with Crippen LogP contribution in [0.25, 0.3) is 6.08 Å². The second kappa shape index (κ2) is 7.51. The van der Waals surface area contributed by atoms with E-state index in [9.17, 15) is 0 Å². The van der Waals surface area contributed by atoms with Gasteiger partial charge >= 0.3 is 0 Å². The van der Waals surface area contributed by atoms with Gasteiger partial charge in [0.15, 0.2) is 0 Å². The van der Waals surface area contributed by atoms with Gasteiger partial charge in [-0.05, 0) is 31.2 Å². The molecule has 0 radical (unpaired) electrons. The lowest BCUT2D eigenvalue weighted by molar-refractivity contribution is 0.304. The van der Waals surface area contributed by atoms with Crippen LogP contribution in [-0.2, 0) is 13.2 Å². The van der Waals surface area contributed by atoms with Gasteiger partial charge in [0, 0.05) is 12.1 Å². The molecule has 20 heavy (non-hydrogen) atoms. The fourth-order valence-electron chi connectivity index (χ4n) is 2.15. The molecule has 0 aliphatic heterocycles. The number of hydrogen-bond donors (Lipinski definition) is 1. The van der Waals surface area contributed by atoms with Gasteiger partial charge in [-0.2, -0.15) is 0 Å². The van der Waals surface area contributed by atoms with Crippen molar-refractivity contribution >= 4 is 6.08 Å². The number of ether oxygens (including phenoxy) is 1. The molecule has 1 N–H and O–H groups in total. The third kappa shape index (κ3) is 3.72. The second-order valence-corrected chi connectivity index (χ2v) is 4.63. The molecule has 0 saturated carbocycles. The van der Waals surface area contributed by atoms with Gasteiger partial charge in [0.05, 0.1) is 0 Å². The predicted octanol–water partition coefficient (Wildman–Crippen LogP) is 4.02. The summed E-state index contributed by atoms with van der Waals surface area (Å²) in [7, 11) is 1.96. The first-order chi connectivity index (χ1) is 9.85. The summed E-state index contributed by atoms with van der Waals surface area (Å²) in [6, 6.07) is 16.5. The van der Waals surface area contributed by atoms with Crippen LogP contribution in [0.3, 0.4) is 0 Å². The van der Waals surface area contributed by atoms with Gasteiger partial charge in [-0.1, -0.05) is 54.6 Å². The van der Waals surface area contributed by atoms with Gasteiger partial charge in [-0.25, -0.2) is 0 Å². The van der Waals surface area contributed by atoms with E-state index in [1.54, 1.807) is 0 Å². The van der Waals surface area contributed by atoms with Crippen molar-refractivity contribution in [2.45, 2.75) is 20.1 Å². The molecular formula is C18H21NO. The van der Waals surface area contributed by atoms with Crippen LogP contribution in [0.1, 0.15) is 23.6 Å². The van der Waals surface area contributed by atoms with Crippen molar-refractivity contribution in [1.29, 1.82) is 0 Å². The third-order valence-electron chi connectivity index (χ3n) is 3.13. The highest BCUT2D eigenvalue weighted by Gasteiger charge is 2.04. The standard InChI is InChI=1S/C18H21NO/c1-3-8-15-9-6-7-12-18(15)20-14-17-11-5-4-10-16(17)13-19-2/h3-12,19H,13-14H2,1-2H3. The Morgan fingerprint density at radius 1 is 1.00 bits per heavy atom. The van der Waals surface area contributed by atoms with E-state index in [1.807, 2.05) is 38.2 Å². The number of rotatable bonds is 6. The molecular weight excluding hydrogens is 246 g/mol. The van der Waals surface area contributed by atoms with Crippen LogP contribution in [0.4, 0.5) is 0 Å². The van der Waals surface area contributed by atoms with Gasteiger partial charge < -0.3 is 10.1 Å². The molecule has 2 nitrogen and oxygen atoms in total. The molecule has 104 valence electrons. The monoisotopic (exact) mass is 267 g/mol. The molecule has 2 aromatic rings. The van der Waals surface area contributed by atoms with Crippen LogP contribution < -0.4 is 10.1 Å². The SMILES string of the molecule is CC=Cc1ccccc1OCc1ccccc1CNC. The van der Waals surface area contributed by atoms with Gasteiger partial charge in [-0.3, -0.25) is 0 Å². The molecule has 2 rings (SSSR count). The number of allylic oxidation sites excluding steroid dienone is 1. The third-order valence-corrected chi connectivity index (χ3v) is 3.13. The van der Waals surface area contributed by atoms with Crippen LogP contribution in [0.2, 0.25) is 0 Å². The fourth-order valence-corrected chi connectivity index (χ4v) is 2.15. The summed E-state index contributed by atoms with van der Waals surface area (Å²) in [5.74, 6) is 0.921. The largest absolute Gasteiger partial charge is 0.488 e. The first-order valence-electron chi connectivity index (χ1n) is 6.91. The van der Waals surface area contributed by atoms with Gasteiger partial charge in [0.1, 0.15) is 12.4 Å². The minimum absolute atomic E-state index is 0.590. The normalized spacial score (nSPS) is 10.9. The number of hydrogen-bond acceptors (Lipinski definition) is 2. The van der Waals surface area contributed by atoms with Crippen LogP contribution >= 0.6 is 0 Å². The number of para-hydroxylation sites is 1. The van der Waals surface area contributed by atoms with Crippen molar-refractivity contribution in [3.05, 3.63) is 71.3 Å². The summed E-state index contributed by atoms with van der Waals surface area (Å²) in [5, 5.41) is 3.19. The van der Waals surface area contributed by atoms with Crippen molar-refractivity contribution in [1.82, 2.24) is 5.32 Å². The van der Waals surface area contributed by atoms with Crippen molar-refractivity contribution in [2.24, 2.45) is 0 Å². The Hall–Kier alpha value is -2.06. The lowest BCUT2D eigenvalue weighted by Gasteiger charge is -2.12.